The molecule has 0 aromatic heterocycles. The van der Waals surface area contributed by atoms with Gasteiger partial charge in [-0.2, -0.15) is 0 Å². The summed E-state index contributed by atoms with van der Waals surface area (Å²) in [4.78, 5) is 49.1. The number of nitrogen functional groups attached to an aromatic ring is 1. The zero-order valence-corrected chi connectivity index (χ0v) is 17.5. The minimum Gasteiger partial charge on any atom is -0.481 e. The van der Waals surface area contributed by atoms with Crippen LogP contribution >= 0.6 is 23.5 Å². The topological polar surface area (TPSA) is 150 Å². The summed E-state index contributed by atoms with van der Waals surface area (Å²) in [5.74, 6) is -2.19. The summed E-state index contributed by atoms with van der Waals surface area (Å²) in [5.41, 5.74) is 6.93. The summed E-state index contributed by atoms with van der Waals surface area (Å²) < 4.78 is 0. The number of β-lactam (4-membered cyclic amide) rings is 1. The monoisotopic (exact) mass is 451 g/mol. The highest BCUT2D eigenvalue weighted by molar-refractivity contribution is 8.01. The Kier molecular flexibility index (Phi) is 6.93. The number of carboxylic acids is 2. The summed E-state index contributed by atoms with van der Waals surface area (Å²) in [6, 6.07) is 6.44. The second-order valence-corrected chi connectivity index (χ2v) is 8.97. The second-order valence-electron chi connectivity index (χ2n) is 6.82. The third-order valence-electron chi connectivity index (χ3n) is 4.65. The number of anilines is 1. The molecule has 2 aliphatic heterocycles. The van der Waals surface area contributed by atoms with Crippen LogP contribution in [0, 0.1) is 0 Å². The molecule has 0 aliphatic carbocycles. The Morgan fingerprint density at radius 3 is 2.53 bits per heavy atom. The van der Waals surface area contributed by atoms with Gasteiger partial charge in [-0.25, -0.2) is 4.79 Å². The first-order valence-corrected chi connectivity index (χ1v) is 11.2. The van der Waals surface area contributed by atoms with Crippen LogP contribution in [0.4, 0.5) is 5.69 Å². The van der Waals surface area contributed by atoms with E-state index in [4.69, 9.17) is 10.8 Å². The van der Waals surface area contributed by atoms with Crippen LogP contribution in [0.1, 0.15) is 19.3 Å². The molecule has 0 radical (unpaired) electrons. The van der Waals surface area contributed by atoms with Gasteiger partial charge in [0, 0.05) is 34.9 Å². The fourth-order valence-corrected chi connectivity index (χ4v) is 5.56. The zero-order chi connectivity index (χ0) is 21.8. The van der Waals surface area contributed by atoms with E-state index < -0.39 is 35.2 Å². The minimum absolute atomic E-state index is 0.00142. The van der Waals surface area contributed by atoms with E-state index in [2.05, 4.69) is 5.32 Å². The first-order chi connectivity index (χ1) is 14.3. The Hall–Kier alpha value is -2.66. The Morgan fingerprint density at radius 1 is 1.20 bits per heavy atom. The van der Waals surface area contributed by atoms with E-state index in [0.717, 1.165) is 4.90 Å². The summed E-state index contributed by atoms with van der Waals surface area (Å²) in [6.07, 6.45) is 0.0478. The summed E-state index contributed by atoms with van der Waals surface area (Å²) >= 11 is 2.87. The molecule has 1 aromatic rings. The van der Waals surface area contributed by atoms with E-state index in [1.165, 1.54) is 28.4 Å². The Bertz CT molecular complexity index is 902. The van der Waals surface area contributed by atoms with Gasteiger partial charge in [0.05, 0.1) is 0 Å². The van der Waals surface area contributed by atoms with Crippen molar-refractivity contribution in [2.45, 2.75) is 35.6 Å². The molecule has 2 atom stereocenters. The van der Waals surface area contributed by atoms with E-state index >= 15 is 0 Å². The average Bonchev–Trinajstić information content (AvgIpc) is 2.70. The molecule has 0 bridgehead atoms. The van der Waals surface area contributed by atoms with Gasteiger partial charge in [0.2, 0.25) is 5.91 Å². The van der Waals surface area contributed by atoms with E-state index in [9.17, 15) is 24.3 Å². The highest BCUT2D eigenvalue weighted by atomic mass is 32.2. The molecule has 3 rings (SSSR count). The fraction of sp³-hybridized carbons (Fsp3) is 0.368. The van der Waals surface area contributed by atoms with E-state index in [-0.39, 0.29) is 25.0 Å². The third-order valence-corrected chi connectivity index (χ3v) is 7.09. The van der Waals surface area contributed by atoms with Crippen LogP contribution in [-0.2, 0) is 19.2 Å². The molecular formula is C19H21N3O6S2. The van der Waals surface area contributed by atoms with Crippen molar-refractivity contribution in [3.8, 4) is 0 Å². The number of nitrogens with zero attached hydrogens (tertiary/aromatic N) is 1. The van der Waals surface area contributed by atoms with Crippen LogP contribution in [0.15, 0.2) is 40.4 Å². The molecule has 160 valence electrons. The molecule has 11 heteroatoms. The van der Waals surface area contributed by atoms with Gasteiger partial charge in [-0.1, -0.05) is 0 Å². The van der Waals surface area contributed by atoms with Gasteiger partial charge in [0.1, 0.15) is 17.1 Å². The number of carboxylic acid groups (broad SMARTS) is 2. The molecule has 0 unspecified atom stereocenters. The van der Waals surface area contributed by atoms with Gasteiger partial charge in [0.15, 0.2) is 0 Å². The van der Waals surface area contributed by atoms with Gasteiger partial charge in [0.25, 0.3) is 5.91 Å². The van der Waals surface area contributed by atoms with Crippen molar-refractivity contribution >= 4 is 53.0 Å². The van der Waals surface area contributed by atoms with Crippen LogP contribution < -0.4 is 11.1 Å². The number of hydrogen-bond acceptors (Lipinski definition) is 7. The molecule has 0 saturated carbocycles. The first-order valence-electron chi connectivity index (χ1n) is 9.17. The maximum absolute atomic E-state index is 12.6. The molecule has 0 spiro atoms. The van der Waals surface area contributed by atoms with Gasteiger partial charge >= 0.3 is 11.9 Å². The lowest BCUT2D eigenvalue weighted by atomic mass is 10.0. The number of carbonyl (C=O) groups excluding carboxylic acids is 2. The summed E-state index contributed by atoms with van der Waals surface area (Å²) in [6.45, 7) is 0. The average molecular weight is 452 g/mol. The first kappa shape index (κ1) is 22.0. The van der Waals surface area contributed by atoms with Crippen molar-refractivity contribution in [2.75, 3.05) is 17.2 Å². The molecule has 2 heterocycles. The lowest BCUT2D eigenvalue weighted by Crippen LogP contribution is -2.70. The van der Waals surface area contributed by atoms with E-state index in [0.29, 0.717) is 22.8 Å². The number of thioether (sulfide) groups is 2. The number of amides is 2. The standard InChI is InChI=1S/C19H21N3O6S2/c20-11-4-6-12(7-5-11)29-8-10-9-30-18-15(17(26)22(18)16(10)19(27)28)21-13(23)2-1-3-14(24)25/h4-7,15,18H,1-3,8-9,20H2,(H,21,23)(H,24,25)(H,27,28)/t15-,18-/m0/s1. The lowest BCUT2D eigenvalue weighted by molar-refractivity contribution is -0.150. The highest BCUT2D eigenvalue weighted by Crippen LogP contribution is 2.41. The van der Waals surface area contributed by atoms with Crippen molar-refractivity contribution in [1.29, 1.82) is 0 Å². The number of aliphatic carboxylic acids is 2. The van der Waals surface area contributed by atoms with Gasteiger partial charge in [-0.05, 0) is 36.3 Å². The second kappa shape index (κ2) is 9.43. The number of nitrogens with two attached hydrogens (primary N) is 1. The smallest absolute Gasteiger partial charge is 0.352 e. The molecule has 2 aliphatic rings. The van der Waals surface area contributed by atoms with Crippen LogP contribution in [0.25, 0.3) is 0 Å². The Morgan fingerprint density at radius 2 is 1.90 bits per heavy atom. The zero-order valence-electron chi connectivity index (χ0n) is 15.9. The third kappa shape index (κ3) is 4.90. The molecule has 5 N–H and O–H groups in total. The Labute approximate surface area is 181 Å². The minimum atomic E-state index is -1.17. The number of nitrogens with one attached hydrogen (secondary N) is 1. The molecule has 9 nitrogen and oxygen atoms in total. The van der Waals surface area contributed by atoms with Crippen molar-refractivity contribution in [2.24, 2.45) is 0 Å². The van der Waals surface area contributed by atoms with Gasteiger partial charge in [-0.3, -0.25) is 19.3 Å². The van der Waals surface area contributed by atoms with Crippen molar-refractivity contribution < 1.29 is 29.4 Å². The van der Waals surface area contributed by atoms with Crippen molar-refractivity contribution in [1.82, 2.24) is 10.2 Å². The number of carbonyl (C=O) groups is 4. The lowest BCUT2D eigenvalue weighted by Gasteiger charge is -2.49. The predicted octanol–water partition coefficient (Wildman–Crippen LogP) is 1.35. The molecule has 1 aromatic carbocycles. The number of rotatable bonds is 9. The number of hydrogen-bond donors (Lipinski definition) is 4. The van der Waals surface area contributed by atoms with Crippen LogP contribution in [-0.4, -0.2) is 61.8 Å². The molecule has 2 amide bonds. The van der Waals surface area contributed by atoms with Gasteiger partial charge < -0.3 is 21.3 Å². The summed E-state index contributed by atoms with van der Waals surface area (Å²) in [7, 11) is 0. The highest BCUT2D eigenvalue weighted by Gasteiger charge is 2.54. The summed E-state index contributed by atoms with van der Waals surface area (Å²) in [5, 5.41) is 20.4. The normalized spacial score (nSPS) is 20.4. The molecule has 30 heavy (non-hydrogen) atoms. The predicted molar refractivity (Wildman–Crippen MR) is 113 cm³/mol. The molecule has 1 fully saturated rings. The van der Waals surface area contributed by atoms with E-state index in [1.54, 1.807) is 12.1 Å². The number of fused-ring (bicyclic) bond motifs is 1. The van der Waals surface area contributed by atoms with Crippen molar-refractivity contribution in [3.63, 3.8) is 0 Å². The maximum atomic E-state index is 12.6. The maximum Gasteiger partial charge on any atom is 0.352 e. The number of benzene rings is 1. The Balaban J connectivity index is 1.64. The van der Waals surface area contributed by atoms with E-state index in [1.807, 2.05) is 12.1 Å². The molecule has 1 saturated heterocycles. The van der Waals surface area contributed by atoms with Crippen LogP contribution in [0.3, 0.4) is 0 Å². The SMILES string of the molecule is Nc1ccc(SCC2=C(C(=O)O)N3C(=O)[C@H](NC(=O)CCCC(=O)O)[C@@H]3SC2)cc1. The molecular weight excluding hydrogens is 430 g/mol. The van der Waals surface area contributed by atoms with Crippen LogP contribution in [0.5, 0.6) is 0 Å². The quantitative estimate of drug-likeness (QED) is 0.248. The largest absolute Gasteiger partial charge is 0.481 e. The fourth-order valence-electron chi connectivity index (χ4n) is 3.17. The van der Waals surface area contributed by atoms with Gasteiger partial charge in [-0.15, -0.1) is 23.5 Å². The van der Waals surface area contributed by atoms with Crippen molar-refractivity contribution in [3.05, 3.63) is 35.5 Å². The van der Waals surface area contributed by atoms with Crippen LogP contribution in [0.2, 0.25) is 0 Å².